The predicted molar refractivity (Wildman–Crippen MR) is 90.3 cm³/mol. The van der Waals surface area contributed by atoms with Crippen LogP contribution in [0.15, 0.2) is 24.5 Å². The SMILES string of the molecule is CCCNCC1CCC(C(C)C)CC1Cc1ccncc1. The lowest BCUT2D eigenvalue weighted by Gasteiger charge is -2.38. The fourth-order valence-electron chi connectivity index (χ4n) is 3.77. The van der Waals surface area contributed by atoms with Crippen LogP contribution in [0.25, 0.3) is 0 Å². The van der Waals surface area contributed by atoms with E-state index in [0.29, 0.717) is 0 Å². The molecule has 1 aromatic rings. The van der Waals surface area contributed by atoms with Gasteiger partial charge < -0.3 is 5.32 Å². The first kappa shape index (κ1) is 16.5. The van der Waals surface area contributed by atoms with E-state index in [1.807, 2.05) is 12.4 Å². The van der Waals surface area contributed by atoms with E-state index >= 15 is 0 Å². The predicted octanol–water partition coefficient (Wildman–Crippen LogP) is 4.31. The number of nitrogens with zero attached hydrogens (tertiary/aromatic N) is 1. The van der Waals surface area contributed by atoms with Crippen LogP contribution in [0, 0.1) is 23.7 Å². The van der Waals surface area contributed by atoms with Gasteiger partial charge in [0.1, 0.15) is 0 Å². The van der Waals surface area contributed by atoms with Gasteiger partial charge in [-0.15, -0.1) is 0 Å². The van der Waals surface area contributed by atoms with E-state index in [1.165, 1.54) is 44.2 Å². The summed E-state index contributed by atoms with van der Waals surface area (Å²) in [5.41, 5.74) is 1.46. The van der Waals surface area contributed by atoms with Gasteiger partial charge in [0.2, 0.25) is 0 Å². The maximum atomic E-state index is 4.15. The Balaban J connectivity index is 1.97. The Morgan fingerprint density at radius 3 is 2.62 bits per heavy atom. The molecule has 2 nitrogen and oxygen atoms in total. The second-order valence-corrected chi connectivity index (χ2v) is 7.10. The molecule has 1 N–H and O–H groups in total. The molecular weight excluding hydrogens is 256 g/mol. The number of pyridine rings is 1. The van der Waals surface area contributed by atoms with Gasteiger partial charge >= 0.3 is 0 Å². The van der Waals surface area contributed by atoms with Gasteiger partial charge in [-0.05, 0) is 86.6 Å². The third-order valence-electron chi connectivity index (χ3n) is 5.20. The molecule has 0 amide bonds. The zero-order valence-corrected chi connectivity index (χ0v) is 14.0. The summed E-state index contributed by atoms with van der Waals surface area (Å²) in [6.45, 7) is 9.39. The molecule has 1 heterocycles. The maximum absolute atomic E-state index is 4.15. The molecule has 1 aliphatic rings. The molecule has 3 unspecified atom stereocenters. The summed E-state index contributed by atoms with van der Waals surface area (Å²) in [5.74, 6) is 3.42. The van der Waals surface area contributed by atoms with Crippen LogP contribution in [-0.2, 0) is 6.42 Å². The van der Waals surface area contributed by atoms with Gasteiger partial charge in [-0.2, -0.15) is 0 Å². The molecule has 0 aliphatic heterocycles. The minimum atomic E-state index is 0.828. The molecule has 0 spiro atoms. The molecule has 1 saturated carbocycles. The maximum Gasteiger partial charge on any atom is 0.0270 e. The fraction of sp³-hybridized carbons (Fsp3) is 0.737. The van der Waals surface area contributed by atoms with Crippen molar-refractivity contribution in [3.63, 3.8) is 0 Å². The minimum Gasteiger partial charge on any atom is -0.316 e. The second kappa shape index (κ2) is 8.53. The summed E-state index contributed by atoms with van der Waals surface area (Å²) < 4.78 is 0. The van der Waals surface area contributed by atoms with E-state index in [9.17, 15) is 0 Å². The number of nitrogens with one attached hydrogen (secondary N) is 1. The van der Waals surface area contributed by atoms with Gasteiger partial charge in [0.25, 0.3) is 0 Å². The van der Waals surface area contributed by atoms with Crippen molar-refractivity contribution in [3.05, 3.63) is 30.1 Å². The van der Waals surface area contributed by atoms with Crippen molar-refractivity contribution in [1.29, 1.82) is 0 Å². The molecule has 2 rings (SSSR count). The van der Waals surface area contributed by atoms with Crippen LogP contribution in [0.5, 0.6) is 0 Å². The van der Waals surface area contributed by atoms with Gasteiger partial charge in [0.15, 0.2) is 0 Å². The highest BCUT2D eigenvalue weighted by Crippen LogP contribution is 2.38. The molecule has 1 fully saturated rings. The number of hydrogen-bond acceptors (Lipinski definition) is 2. The third kappa shape index (κ3) is 5.10. The smallest absolute Gasteiger partial charge is 0.0270 e. The Morgan fingerprint density at radius 1 is 1.19 bits per heavy atom. The molecule has 1 aliphatic carbocycles. The first-order valence-corrected chi connectivity index (χ1v) is 8.80. The summed E-state index contributed by atoms with van der Waals surface area (Å²) in [5, 5.41) is 3.65. The molecule has 3 atom stereocenters. The number of hydrogen-bond donors (Lipinski definition) is 1. The van der Waals surface area contributed by atoms with Crippen molar-refractivity contribution in [2.45, 2.75) is 52.9 Å². The fourth-order valence-corrected chi connectivity index (χ4v) is 3.77. The highest BCUT2D eigenvalue weighted by atomic mass is 14.9. The van der Waals surface area contributed by atoms with Crippen molar-refractivity contribution < 1.29 is 0 Å². The molecular formula is C19H32N2. The summed E-state index contributed by atoms with van der Waals surface area (Å²) in [7, 11) is 0. The molecule has 1 aromatic heterocycles. The quantitative estimate of drug-likeness (QED) is 0.756. The van der Waals surface area contributed by atoms with Crippen LogP contribution in [0.4, 0.5) is 0 Å². The first-order chi connectivity index (χ1) is 10.2. The van der Waals surface area contributed by atoms with Crippen molar-refractivity contribution >= 4 is 0 Å². The van der Waals surface area contributed by atoms with Crippen molar-refractivity contribution in [1.82, 2.24) is 10.3 Å². The molecule has 0 saturated heterocycles. The minimum absolute atomic E-state index is 0.828. The molecule has 2 heteroatoms. The van der Waals surface area contributed by atoms with Crippen LogP contribution < -0.4 is 5.32 Å². The van der Waals surface area contributed by atoms with E-state index in [1.54, 1.807) is 0 Å². The first-order valence-electron chi connectivity index (χ1n) is 8.80. The van der Waals surface area contributed by atoms with Gasteiger partial charge in [-0.25, -0.2) is 0 Å². The highest BCUT2D eigenvalue weighted by Gasteiger charge is 2.31. The lowest BCUT2D eigenvalue weighted by Crippen LogP contribution is -2.35. The molecule has 21 heavy (non-hydrogen) atoms. The highest BCUT2D eigenvalue weighted by molar-refractivity contribution is 5.11. The summed E-state index contributed by atoms with van der Waals surface area (Å²) in [6, 6.07) is 4.38. The van der Waals surface area contributed by atoms with E-state index < -0.39 is 0 Å². The van der Waals surface area contributed by atoms with Crippen LogP contribution in [0.3, 0.4) is 0 Å². The number of rotatable bonds is 7. The zero-order valence-electron chi connectivity index (χ0n) is 14.0. The number of aromatic nitrogens is 1. The second-order valence-electron chi connectivity index (χ2n) is 7.10. The normalized spacial score (nSPS) is 26.2. The average molecular weight is 288 g/mol. The van der Waals surface area contributed by atoms with Gasteiger partial charge in [0.05, 0.1) is 0 Å². The lowest BCUT2D eigenvalue weighted by atomic mass is 9.69. The van der Waals surface area contributed by atoms with Crippen LogP contribution in [0.2, 0.25) is 0 Å². The third-order valence-corrected chi connectivity index (χ3v) is 5.20. The zero-order chi connectivity index (χ0) is 15.1. The Hall–Kier alpha value is -0.890. The van der Waals surface area contributed by atoms with Gasteiger partial charge in [-0.3, -0.25) is 4.98 Å². The van der Waals surface area contributed by atoms with Crippen molar-refractivity contribution in [3.8, 4) is 0 Å². The molecule has 0 aromatic carbocycles. The van der Waals surface area contributed by atoms with Gasteiger partial charge in [-0.1, -0.05) is 20.8 Å². The molecule has 0 bridgehead atoms. The Morgan fingerprint density at radius 2 is 1.95 bits per heavy atom. The van der Waals surface area contributed by atoms with E-state index in [0.717, 1.165) is 30.2 Å². The van der Waals surface area contributed by atoms with Crippen LogP contribution >= 0.6 is 0 Å². The van der Waals surface area contributed by atoms with Crippen LogP contribution in [0.1, 0.15) is 52.0 Å². The summed E-state index contributed by atoms with van der Waals surface area (Å²) in [6.07, 6.45) is 10.5. The Labute approximate surface area is 130 Å². The lowest BCUT2D eigenvalue weighted by molar-refractivity contribution is 0.144. The van der Waals surface area contributed by atoms with E-state index in [4.69, 9.17) is 0 Å². The Kier molecular flexibility index (Phi) is 6.69. The van der Waals surface area contributed by atoms with E-state index in [-0.39, 0.29) is 0 Å². The summed E-state index contributed by atoms with van der Waals surface area (Å²) in [4.78, 5) is 4.15. The largest absolute Gasteiger partial charge is 0.316 e. The Bertz CT molecular complexity index is 388. The molecule has 118 valence electrons. The summed E-state index contributed by atoms with van der Waals surface area (Å²) >= 11 is 0. The standard InChI is InChI=1S/C19H32N2/c1-4-9-21-14-18-6-5-17(15(2)3)13-19(18)12-16-7-10-20-11-8-16/h7-8,10-11,15,17-19,21H,4-6,9,12-14H2,1-3H3. The van der Waals surface area contributed by atoms with Crippen molar-refractivity contribution in [2.75, 3.05) is 13.1 Å². The van der Waals surface area contributed by atoms with Crippen molar-refractivity contribution in [2.24, 2.45) is 23.7 Å². The topological polar surface area (TPSA) is 24.9 Å². The molecule has 0 radical (unpaired) electrons. The van der Waals surface area contributed by atoms with Gasteiger partial charge in [0, 0.05) is 12.4 Å². The average Bonchev–Trinajstić information content (AvgIpc) is 2.50. The van der Waals surface area contributed by atoms with E-state index in [2.05, 4.69) is 43.2 Å². The monoisotopic (exact) mass is 288 g/mol. The van der Waals surface area contributed by atoms with Crippen LogP contribution in [-0.4, -0.2) is 18.1 Å².